The highest BCUT2D eigenvalue weighted by molar-refractivity contribution is 5.16. The van der Waals surface area contributed by atoms with Crippen LogP contribution in [0.4, 0.5) is 0 Å². The van der Waals surface area contributed by atoms with Gasteiger partial charge >= 0.3 is 0 Å². The minimum Gasteiger partial charge on any atom is -0.372 e. The lowest BCUT2D eigenvalue weighted by Gasteiger charge is -2.40. The van der Waals surface area contributed by atoms with Crippen molar-refractivity contribution in [2.24, 2.45) is 5.92 Å². The molecule has 1 saturated heterocycles. The molecule has 132 valence electrons. The lowest BCUT2D eigenvalue weighted by molar-refractivity contribution is -0.108. The Bertz CT molecular complexity index is 469. The van der Waals surface area contributed by atoms with Gasteiger partial charge in [-0.25, -0.2) is 0 Å². The molecule has 1 fully saturated rings. The molecular weight excluding hydrogens is 286 g/mol. The van der Waals surface area contributed by atoms with E-state index in [4.69, 9.17) is 4.74 Å². The molecule has 4 nitrogen and oxygen atoms in total. The summed E-state index contributed by atoms with van der Waals surface area (Å²) in [4.78, 5) is 2.58. The molecule has 2 rings (SSSR count). The van der Waals surface area contributed by atoms with Gasteiger partial charge in [-0.3, -0.25) is 9.58 Å². The summed E-state index contributed by atoms with van der Waals surface area (Å²) in [5.41, 5.74) is 2.70. The first kappa shape index (κ1) is 18.5. The fourth-order valence-electron chi connectivity index (χ4n) is 3.36. The zero-order valence-electron chi connectivity index (χ0n) is 15.7. The van der Waals surface area contributed by atoms with E-state index in [1.807, 2.05) is 0 Å². The van der Waals surface area contributed by atoms with Gasteiger partial charge in [-0.1, -0.05) is 40.5 Å². The number of aromatic nitrogens is 2. The summed E-state index contributed by atoms with van der Waals surface area (Å²) in [6, 6.07) is 0. The average molecular weight is 322 g/mol. The molecule has 23 heavy (non-hydrogen) atoms. The van der Waals surface area contributed by atoms with Crippen molar-refractivity contribution in [3.05, 3.63) is 17.5 Å². The van der Waals surface area contributed by atoms with Gasteiger partial charge in [-0.2, -0.15) is 5.10 Å². The fraction of sp³-hybridized carbons (Fsp3) is 0.842. The number of ether oxygens (including phenoxy) is 1. The predicted molar refractivity (Wildman–Crippen MR) is 95.6 cm³/mol. The van der Waals surface area contributed by atoms with Crippen LogP contribution in [0.5, 0.6) is 0 Å². The zero-order chi connectivity index (χ0) is 16.8. The van der Waals surface area contributed by atoms with Gasteiger partial charge in [-0.05, 0) is 25.7 Å². The van der Waals surface area contributed by atoms with Crippen molar-refractivity contribution < 1.29 is 4.74 Å². The molecule has 0 unspecified atom stereocenters. The highest BCUT2D eigenvalue weighted by Crippen LogP contribution is 2.23. The highest BCUT2D eigenvalue weighted by Gasteiger charge is 2.29. The molecule has 0 aliphatic carbocycles. The molecular formula is C19H35N3O. The van der Waals surface area contributed by atoms with Crippen molar-refractivity contribution in [2.75, 3.05) is 13.1 Å². The molecule has 0 amide bonds. The third kappa shape index (κ3) is 5.05. The Morgan fingerprint density at radius 2 is 2.04 bits per heavy atom. The molecule has 0 radical (unpaired) electrons. The van der Waals surface area contributed by atoms with Crippen LogP contribution in [0, 0.1) is 12.8 Å². The summed E-state index contributed by atoms with van der Waals surface area (Å²) in [7, 11) is 0. The Balaban J connectivity index is 2.01. The van der Waals surface area contributed by atoms with Crippen molar-refractivity contribution in [1.29, 1.82) is 0 Å². The van der Waals surface area contributed by atoms with Crippen molar-refractivity contribution in [3.63, 3.8) is 0 Å². The summed E-state index contributed by atoms with van der Waals surface area (Å²) < 4.78 is 8.47. The van der Waals surface area contributed by atoms with E-state index in [1.165, 1.54) is 30.5 Å². The van der Waals surface area contributed by atoms with Gasteiger partial charge in [0.05, 0.1) is 18.4 Å². The van der Waals surface area contributed by atoms with Crippen LogP contribution in [-0.4, -0.2) is 40.0 Å². The van der Waals surface area contributed by atoms with E-state index >= 15 is 0 Å². The summed E-state index contributed by atoms with van der Waals surface area (Å²) in [5, 5.41) is 4.55. The molecule has 1 aliphatic rings. The predicted octanol–water partition coefficient (Wildman–Crippen LogP) is 4.02. The van der Waals surface area contributed by atoms with Crippen LogP contribution in [0.1, 0.15) is 64.6 Å². The molecule has 2 heterocycles. The zero-order valence-corrected chi connectivity index (χ0v) is 15.7. The van der Waals surface area contributed by atoms with Crippen molar-refractivity contribution in [3.8, 4) is 0 Å². The van der Waals surface area contributed by atoms with E-state index < -0.39 is 0 Å². The molecule has 0 saturated carbocycles. The minimum absolute atomic E-state index is 0.358. The van der Waals surface area contributed by atoms with Gasteiger partial charge in [0.2, 0.25) is 0 Å². The lowest BCUT2D eigenvalue weighted by Crippen LogP contribution is -2.49. The van der Waals surface area contributed by atoms with E-state index in [0.29, 0.717) is 18.1 Å². The van der Waals surface area contributed by atoms with E-state index in [0.717, 1.165) is 32.6 Å². The van der Waals surface area contributed by atoms with Gasteiger partial charge < -0.3 is 4.74 Å². The highest BCUT2D eigenvalue weighted by atomic mass is 16.5. The number of rotatable bonds is 8. The summed E-state index contributed by atoms with van der Waals surface area (Å²) in [6.07, 6.45) is 7.63. The topological polar surface area (TPSA) is 30.3 Å². The molecule has 1 aliphatic heterocycles. The first-order valence-corrected chi connectivity index (χ1v) is 9.44. The van der Waals surface area contributed by atoms with Crippen LogP contribution in [0.2, 0.25) is 0 Å². The molecule has 0 N–H and O–H groups in total. The van der Waals surface area contributed by atoms with E-state index in [-0.39, 0.29) is 0 Å². The van der Waals surface area contributed by atoms with E-state index in [2.05, 4.69) is 55.5 Å². The maximum absolute atomic E-state index is 6.33. The van der Waals surface area contributed by atoms with Gasteiger partial charge in [0.15, 0.2) is 0 Å². The van der Waals surface area contributed by atoms with Crippen molar-refractivity contribution >= 4 is 0 Å². The number of nitrogens with zero attached hydrogens (tertiary/aromatic N) is 3. The second kappa shape index (κ2) is 8.84. The van der Waals surface area contributed by atoms with Gasteiger partial charge in [-0.15, -0.1) is 0 Å². The molecule has 0 aromatic carbocycles. The number of unbranched alkanes of at least 4 members (excludes halogenated alkanes) is 1. The van der Waals surface area contributed by atoms with Gasteiger partial charge in [0, 0.05) is 37.4 Å². The fourth-order valence-corrected chi connectivity index (χ4v) is 3.36. The Kier molecular flexibility index (Phi) is 7.09. The SMILES string of the molecule is CCCC[C@@H]1CN(Cc2cnn(CCC)c2C)C[C@H](C(C)C)O1. The molecule has 2 atom stereocenters. The lowest BCUT2D eigenvalue weighted by atomic mass is 10.0. The number of aryl methyl sites for hydroxylation is 1. The summed E-state index contributed by atoms with van der Waals surface area (Å²) in [5.74, 6) is 0.575. The monoisotopic (exact) mass is 321 g/mol. The first-order valence-electron chi connectivity index (χ1n) is 9.44. The van der Waals surface area contributed by atoms with Crippen LogP contribution >= 0.6 is 0 Å². The summed E-state index contributed by atoms with van der Waals surface area (Å²) in [6.45, 7) is 15.3. The average Bonchev–Trinajstić information content (AvgIpc) is 2.86. The Hall–Kier alpha value is -0.870. The number of hydrogen-bond acceptors (Lipinski definition) is 3. The third-order valence-corrected chi connectivity index (χ3v) is 4.92. The van der Waals surface area contributed by atoms with Crippen LogP contribution in [-0.2, 0) is 17.8 Å². The number of hydrogen-bond donors (Lipinski definition) is 0. The standard InChI is InChI=1S/C19H35N3O/c1-6-8-9-18-13-21(14-19(23-18)15(3)4)12-17-11-20-22(10-7-2)16(17)5/h11,15,18-19H,6-10,12-14H2,1-5H3/t18-,19-/m1/s1. The minimum atomic E-state index is 0.358. The Morgan fingerprint density at radius 3 is 2.70 bits per heavy atom. The van der Waals surface area contributed by atoms with Crippen LogP contribution in [0.15, 0.2) is 6.20 Å². The maximum atomic E-state index is 6.33. The molecule has 0 spiro atoms. The molecule has 4 heteroatoms. The van der Waals surface area contributed by atoms with Gasteiger partial charge in [0.1, 0.15) is 0 Å². The molecule has 1 aromatic heterocycles. The molecule has 1 aromatic rings. The third-order valence-electron chi connectivity index (χ3n) is 4.92. The normalized spacial score (nSPS) is 22.9. The Labute approximate surface area is 142 Å². The van der Waals surface area contributed by atoms with Crippen molar-refractivity contribution in [2.45, 2.75) is 85.6 Å². The van der Waals surface area contributed by atoms with Gasteiger partial charge in [0.25, 0.3) is 0 Å². The quantitative estimate of drug-likeness (QED) is 0.724. The second-order valence-corrected chi connectivity index (χ2v) is 7.36. The van der Waals surface area contributed by atoms with Crippen molar-refractivity contribution in [1.82, 2.24) is 14.7 Å². The maximum Gasteiger partial charge on any atom is 0.0729 e. The van der Waals surface area contributed by atoms with Crippen LogP contribution in [0.3, 0.4) is 0 Å². The molecule has 0 bridgehead atoms. The first-order chi connectivity index (χ1) is 11.0. The van der Waals surface area contributed by atoms with E-state index in [1.54, 1.807) is 0 Å². The smallest absolute Gasteiger partial charge is 0.0729 e. The number of morpholine rings is 1. The Morgan fingerprint density at radius 1 is 1.26 bits per heavy atom. The van der Waals surface area contributed by atoms with Crippen LogP contribution < -0.4 is 0 Å². The largest absolute Gasteiger partial charge is 0.372 e. The van der Waals surface area contributed by atoms with Crippen LogP contribution in [0.25, 0.3) is 0 Å². The summed E-state index contributed by atoms with van der Waals surface area (Å²) >= 11 is 0. The second-order valence-electron chi connectivity index (χ2n) is 7.36. The van der Waals surface area contributed by atoms with E-state index in [9.17, 15) is 0 Å².